The summed E-state index contributed by atoms with van der Waals surface area (Å²) in [6.07, 6.45) is 1.95. The topological polar surface area (TPSA) is 130 Å². The molecule has 2 atom stereocenters. The Morgan fingerprint density at radius 1 is 1.05 bits per heavy atom. The molecule has 39 heavy (non-hydrogen) atoms. The molecule has 2 saturated carbocycles. The molecule has 0 heterocycles. The normalized spacial score (nSPS) is 24.9. The lowest BCUT2D eigenvalue weighted by Gasteiger charge is -2.40. The zero-order chi connectivity index (χ0) is 28.9. The van der Waals surface area contributed by atoms with Crippen LogP contribution in [0, 0.1) is 29.3 Å². The van der Waals surface area contributed by atoms with Crippen molar-refractivity contribution in [2.24, 2.45) is 11.8 Å². The highest BCUT2D eigenvalue weighted by atomic mass is 32.2. The van der Waals surface area contributed by atoms with Crippen LogP contribution >= 0.6 is 0 Å². The Balaban J connectivity index is 1.65. The van der Waals surface area contributed by atoms with E-state index in [2.05, 4.69) is 5.32 Å². The Hall–Kier alpha value is -2.68. The van der Waals surface area contributed by atoms with Crippen molar-refractivity contribution in [2.45, 2.75) is 41.4 Å². The molecule has 2 aliphatic carbocycles. The van der Waals surface area contributed by atoms with Gasteiger partial charge in [0.1, 0.15) is 0 Å². The average Bonchev–Trinajstić information content (AvgIpc) is 3.13. The number of fused-ring (bicyclic) bond motifs is 2. The van der Waals surface area contributed by atoms with Crippen LogP contribution in [0.5, 0.6) is 0 Å². The van der Waals surface area contributed by atoms with Gasteiger partial charge in [-0.3, -0.25) is 8.98 Å². The third-order valence-electron chi connectivity index (χ3n) is 7.27. The lowest BCUT2D eigenvalue weighted by atomic mass is 9.77. The van der Waals surface area contributed by atoms with Crippen LogP contribution in [0.2, 0.25) is 0 Å². The standard InChI is InChI=1S/C25H29F3N2O7S2/c1-30(2)20-7-6-14(24(31)29-17-9-18(26)22(28)19(27)10-17)8-21(20)39(35,36)23-15-4-5-16(23)12-25(32,11-15)13-37-38(3,33)34/h6-10,15-16,23,32H,4-5,11-13H2,1-3H3,(H,29,31)/t15?,16?,23-,25-. The Morgan fingerprint density at radius 3 is 2.13 bits per heavy atom. The van der Waals surface area contributed by atoms with Gasteiger partial charge in [-0.1, -0.05) is 0 Å². The van der Waals surface area contributed by atoms with Gasteiger partial charge in [-0.2, -0.15) is 8.42 Å². The molecule has 2 bridgehead atoms. The first-order chi connectivity index (χ1) is 18.0. The second-order valence-electron chi connectivity index (χ2n) is 10.5. The van der Waals surface area contributed by atoms with Crippen molar-refractivity contribution in [2.75, 3.05) is 37.2 Å². The Morgan fingerprint density at radius 2 is 1.62 bits per heavy atom. The third kappa shape index (κ3) is 6.08. The fraction of sp³-hybridized carbons (Fsp3) is 0.480. The van der Waals surface area contributed by atoms with Crippen molar-refractivity contribution in [3.63, 3.8) is 0 Å². The van der Waals surface area contributed by atoms with Crippen molar-refractivity contribution >= 4 is 37.2 Å². The molecule has 0 saturated heterocycles. The highest BCUT2D eigenvalue weighted by molar-refractivity contribution is 7.92. The molecule has 2 aliphatic rings. The maximum absolute atomic E-state index is 14.1. The molecule has 2 unspecified atom stereocenters. The first-order valence-electron chi connectivity index (χ1n) is 12.1. The Labute approximate surface area is 225 Å². The number of carbonyl (C=O) groups is 1. The average molecular weight is 591 g/mol. The molecule has 14 heteroatoms. The van der Waals surface area contributed by atoms with E-state index in [0.29, 0.717) is 30.7 Å². The molecule has 0 spiro atoms. The van der Waals surface area contributed by atoms with Gasteiger partial charge in [0, 0.05) is 37.5 Å². The predicted octanol–water partition coefficient (Wildman–Crippen LogP) is 3.09. The fourth-order valence-corrected chi connectivity index (χ4v) is 8.75. The molecular weight excluding hydrogens is 561 g/mol. The van der Waals surface area contributed by atoms with Gasteiger partial charge in [-0.25, -0.2) is 21.6 Å². The summed E-state index contributed by atoms with van der Waals surface area (Å²) in [5.74, 6) is -6.48. The number of hydrogen-bond acceptors (Lipinski definition) is 8. The highest BCUT2D eigenvalue weighted by Gasteiger charge is 2.54. The van der Waals surface area contributed by atoms with Gasteiger partial charge in [0.2, 0.25) is 0 Å². The van der Waals surface area contributed by atoms with Gasteiger partial charge in [-0.15, -0.1) is 0 Å². The second kappa shape index (κ2) is 10.4. The number of amides is 1. The van der Waals surface area contributed by atoms with E-state index in [0.717, 1.165) is 6.26 Å². The van der Waals surface area contributed by atoms with E-state index in [9.17, 15) is 39.9 Å². The summed E-state index contributed by atoms with van der Waals surface area (Å²) in [7, 11) is -4.61. The van der Waals surface area contributed by atoms with E-state index in [1.165, 1.54) is 18.2 Å². The van der Waals surface area contributed by atoms with Crippen molar-refractivity contribution in [3.8, 4) is 0 Å². The van der Waals surface area contributed by atoms with E-state index in [-0.39, 0.29) is 29.0 Å². The molecule has 2 aromatic carbocycles. The van der Waals surface area contributed by atoms with Gasteiger partial charge in [0.25, 0.3) is 16.0 Å². The Bertz CT molecular complexity index is 1480. The summed E-state index contributed by atoms with van der Waals surface area (Å²) in [4.78, 5) is 14.3. The summed E-state index contributed by atoms with van der Waals surface area (Å²) in [6.45, 7) is -0.464. The van der Waals surface area contributed by atoms with E-state index in [1.807, 2.05) is 0 Å². The van der Waals surface area contributed by atoms with Crippen LogP contribution in [0.4, 0.5) is 24.5 Å². The van der Waals surface area contributed by atoms with Crippen molar-refractivity contribution < 1.29 is 44.1 Å². The van der Waals surface area contributed by atoms with Gasteiger partial charge in [-0.05, 0) is 55.7 Å². The van der Waals surface area contributed by atoms with Gasteiger partial charge >= 0.3 is 0 Å². The van der Waals surface area contributed by atoms with E-state index in [4.69, 9.17) is 4.18 Å². The maximum atomic E-state index is 14.1. The number of aliphatic hydroxyl groups is 1. The van der Waals surface area contributed by atoms with Crippen LogP contribution in [0.3, 0.4) is 0 Å². The van der Waals surface area contributed by atoms with E-state index >= 15 is 0 Å². The molecule has 214 valence electrons. The molecule has 0 radical (unpaired) electrons. The lowest BCUT2D eigenvalue weighted by molar-refractivity contribution is -0.0507. The summed E-state index contributed by atoms with van der Waals surface area (Å²) < 4.78 is 96.3. The summed E-state index contributed by atoms with van der Waals surface area (Å²) in [5.41, 5.74) is -1.64. The minimum absolute atomic E-state index is 0.0298. The number of rotatable bonds is 8. The fourth-order valence-electron chi connectivity index (χ4n) is 5.71. The van der Waals surface area contributed by atoms with Crippen LogP contribution < -0.4 is 10.2 Å². The molecule has 0 aliphatic heterocycles. The third-order valence-corrected chi connectivity index (χ3v) is 10.2. The number of hydrogen-bond donors (Lipinski definition) is 2. The molecule has 2 N–H and O–H groups in total. The lowest BCUT2D eigenvalue weighted by Crippen LogP contribution is -2.48. The molecule has 9 nitrogen and oxygen atoms in total. The van der Waals surface area contributed by atoms with Crippen LogP contribution in [0.15, 0.2) is 35.2 Å². The van der Waals surface area contributed by atoms with Crippen molar-refractivity contribution in [1.82, 2.24) is 0 Å². The van der Waals surface area contributed by atoms with Gasteiger partial charge < -0.3 is 15.3 Å². The molecule has 2 aromatic rings. The molecule has 4 rings (SSSR count). The van der Waals surface area contributed by atoms with E-state index < -0.39 is 72.6 Å². The quantitative estimate of drug-likeness (QED) is 0.355. The number of nitrogens with one attached hydrogen (secondary N) is 1. The van der Waals surface area contributed by atoms with Crippen molar-refractivity contribution in [1.29, 1.82) is 0 Å². The summed E-state index contributed by atoms with van der Waals surface area (Å²) in [5, 5.41) is 12.4. The number of benzene rings is 2. The monoisotopic (exact) mass is 590 g/mol. The second-order valence-corrected chi connectivity index (χ2v) is 14.2. The molecule has 2 fully saturated rings. The van der Waals surface area contributed by atoms with Gasteiger partial charge in [0.05, 0.1) is 34.3 Å². The minimum atomic E-state index is -4.08. The Kier molecular flexibility index (Phi) is 7.80. The molecular formula is C25H29F3N2O7S2. The smallest absolute Gasteiger partial charge is 0.264 e. The van der Waals surface area contributed by atoms with Gasteiger partial charge in [0.15, 0.2) is 27.3 Å². The first-order valence-corrected chi connectivity index (χ1v) is 15.4. The number of nitrogens with zero attached hydrogens (tertiary/aromatic N) is 1. The predicted molar refractivity (Wildman–Crippen MR) is 137 cm³/mol. The number of halogens is 3. The van der Waals surface area contributed by atoms with Crippen LogP contribution in [-0.4, -0.2) is 65.7 Å². The maximum Gasteiger partial charge on any atom is 0.264 e. The zero-order valence-corrected chi connectivity index (χ0v) is 23.1. The largest absolute Gasteiger partial charge is 0.387 e. The zero-order valence-electron chi connectivity index (χ0n) is 21.4. The van der Waals surface area contributed by atoms with Crippen LogP contribution in [0.1, 0.15) is 36.0 Å². The van der Waals surface area contributed by atoms with Crippen LogP contribution in [0.25, 0.3) is 0 Å². The molecule has 1 amide bonds. The number of sulfone groups is 1. The summed E-state index contributed by atoms with van der Waals surface area (Å²) in [6, 6.07) is 5.20. The number of anilines is 2. The minimum Gasteiger partial charge on any atom is -0.387 e. The molecule has 0 aromatic heterocycles. The first kappa shape index (κ1) is 29.3. The van der Waals surface area contributed by atoms with E-state index in [1.54, 1.807) is 19.0 Å². The van der Waals surface area contributed by atoms with Crippen molar-refractivity contribution in [3.05, 3.63) is 53.3 Å². The van der Waals surface area contributed by atoms with Crippen LogP contribution in [-0.2, 0) is 24.1 Å². The number of carbonyl (C=O) groups excluding carboxylic acids is 1. The summed E-state index contributed by atoms with van der Waals surface area (Å²) >= 11 is 0. The highest BCUT2D eigenvalue weighted by Crippen LogP contribution is 2.51. The SMILES string of the molecule is CN(C)c1ccc(C(=O)Nc2cc(F)c(F)c(F)c2)cc1S(=O)(=O)[C@H]1C2CCC1C[C@](O)(COS(C)(=O)=O)C2.